The number of hydrogen-bond donors (Lipinski definition) is 2. The van der Waals surface area contributed by atoms with Crippen LogP contribution in [0.2, 0.25) is 0 Å². The van der Waals surface area contributed by atoms with Gasteiger partial charge in [0, 0.05) is 18.0 Å². The average molecular weight is 342 g/mol. The standard InChI is InChI=1S/C19H22N2O2S/c1-13-7-9-14(10-8-13)18-17(22)19(23)21(12-11-20-2)15-5-3-4-6-16(15)24-18/h3-10,17-18,20,22H,11-12H2,1-2H3/t17-,18+/m0/s1. The minimum Gasteiger partial charge on any atom is -0.382 e. The summed E-state index contributed by atoms with van der Waals surface area (Å²) in [6.07, 6.45) is -1.07. The highest BCUT2D eigenvalue weighted by Crippen LogP contribution is 2.45. The number of rotatable bonds is 4. The first-order valence-electron chi connectivity index (χ1n) is 8.08. The van der Waals surface area contributed by atoms with Gasteiger partial charge in [-0.2, -0.15) is 0 Å². The number of hydrogen-bond acceptors (Lipinski definition) is 4. The Labute approximate surface area is 146 Å². The summed E-state index contributed by atoms with van der Waals surface area (Å²) in [6.45, 7) is 3.23. The Hall–Kier alpha value is -1.82. The van der Waals surface area contributed by atoms with E-state index < -0.39 is 6.10 Å². The highest BCUT2D eigenvalue weighted by Gasteiger charge is 2.36. The Morgan fingerprint density at radius 2 is 1.88 bits per heavy atom. The van der Waals surface area contributed by atoms with E-state index in [1.807, 2.05) is 62.5 Å². The molecular formula is C19H22N2O2S. The molecule has 0 spiro atoms. The van der Waals surface area contributed by atoms with Crippen LogP contribution in [-0.4, -0.2) is 37.3 Å². The van der Waals surface area contributed by atoms with E-state index in [4.69, 9.17) is 0 Å². The number of nitrogens with one attached hydrogen (secondary N) is 1. The molecule has 0 bridgehead atoms. The highest BCUT2D eigenvalue weighted by atomic mass is 32.2. The predicted molar refractivity (Wildman–Crippen MR) is 98.5 cm³/mol. The number of aliphatic hydroxyl groups excluding tert-OH is 1. The third-order valence-corrected chi connectivity index (χ3v) is 5.59. The van der Waals surface area contributed by atoms with Crippen LogP contribution >= 0.6 is 11.8 Å². The number of fused-ring (bicyclic) bond motifs is 1. The van der Waals surface area contributed by atoms with Gasteiger partial charge in [-0.15, -0.1) is 11.8 Å². The lowest BCUT2D eigenvalue weighted by Gasteiger charge is -2.25. The van der Waals surface area contributed by atoms with Gasteiger partial charge in [-0.3, -0.25) is 4.79 Å². The molecule has 1 heterocycles. The van der Waals surface area contributed by atoms with Gasteiger partial charge < -0.3 is 15.3 Å². The number of likely N-dealkylation sites (N-methyl/N-ethyl adjacent to an activating group) is 1. The molecule has 0 radical (unpaired) electrons. The fourth-order valence-corrected chi connectivity index (χ4v) is 4.12. The molecule has 2 aromatic rings. The first-order chi connectivity index (χ1) is 11.6. The number of aliphatic hydroxyl groups is 1. The van der Waals surface area contributed by atoms with Crippen molar-refractivity contribution < 1.29 is 9.90 Å². The molecule has 0 saturated carbocycles. The predicted octanol–water partition coefficient (Wildman–Crippen LogP) is 2.76. The van der Waals surface area contributed by atoms with Crippen LogP contribution in [0.3, 0.4) is 0 Å². The van der Waals surface area contributed by atoms with E-state index in [1.54, 1.807) is 16.7 Å². The van der Waals surface area contributed by atoms with E-state index in [1.165, 1.54) is 0 Å². The molecule has 24 heavy (non-hydrogen) atoms. The Kier molecular flexibility index (Phi) is 5.23. The number of para-hydroxylation sites is 1. The van der Waals surface area contributed by atoms with Crippen LogP contribution in [0.1, 0.15) is 16.4 Å². The molecule has 2 atom stereocenters. The normalized spacial score (nSPS) is 20.6. The van der Waals surface area contributed by atoms with E-state index in [-0.39, 0.29) is 11.2 Å². The van der Waals surface area contributed by atoms with E-state index in [2.05, 4.69) is 5.32 Å². The maximum absolute atomic E-state index is 12.9. The van der Waals surface area contributed by atoms with Crippen LogP contribution < -0.4 is 10.2 Å². The highest BCUT2D eigenvalue weighted by molar-refractivity contribution is 7.99. The van der Waals surface area contributed by atoms with Crippen molar-refractivity contribution >= 4 is 23.4 Å². The van der Waals surface area contributed by atoms with Gasteiger partial charge in [0.25, 0.3) is 5.91 Å². The van der Waals surface area contributed by atoms with Crippen LogP contribution in [0.4, 0.5) is 5.69 Å². The molecule has 1 amide bonds. The smallest absolute Gasteiger partial charge is 0.257 e. The molecule has 5 heteroatoms. The Bertz CT molecular complexity index is 718. The molecule has 0 unspecified atom stereocenters. The van der Waals surface area contributed by atoms with Gasteiger partial charge in [0.1, 0.15) is 6.10 Å². The number of carbonyl (C=O) groups is 1. The molecule has 0 fully saturated rings. The lowest BCUT2D eigenvalue weighted by molar-refractivity contribution is -0.126. The number of anilines is 1. The monoisotopic (exact) mass is 342 g/mol. The summed E-state index contributed by atoms with van der Waals surface area (Å²) in [4.78, 5) is 15.6. The van der Waals surface area contributed by atoms with Crippen molar-refractivity contribution in [1.29, 1.82) is 0 Å². The minimum atomic E-state index is -1.07. The molecule has 0 saturated heterocycles. The summed E-state index contributed by atoms with van der Waals surface area (Å²) >= 11 is 1.55. The number of aryl methyl sites for hydroxylation is 1. The van der Waals surface area contributed by atoms with Crippen LogP contribution in [-0.2, 0) is 4.79 Å². The van der Waals surface area contributed by atoms with Crippen molar-refractivity contribution in [3.8, 4) is 0 Å². The van der Waals surface area contributed by atoms with E-state index >= 15 is 0 Å². The zero-order chi connectivity index (χ0) is 17.1. The summed E-state index contributed by atoms with van der Waals surface area (Å²) < 4.78 is 0. The van der Waals surface area contributed by atoms with Crippen molar-refractivity contribution in [3.05, 3.63) is 59.7 Å². The number of thioether (sulfide) groups is 1. The molecule has 4 nitrogen and oxygen atoms in total. The Balaban J connectivity index is 2.01. The Morgan fingerprint density at radius 3 is 2.58 bits per heavy atom. The van der Waals surface area contributed by atoms with Crippen LogP contribution in [0.25, 0.3) is 0 Å². The molecule has 2 N–H and O–H groups in total. The van der Waals surface area contributed by atoms with Crippen LogP contribution in [0, 0.1) is 6.92 Å². The summed E-state index contributed by atoms with van der Waals surface area (Å²) in [5.41, 5.74) is 3.00. The first kappa shape index (κ1) is 17.0. The number of nitrogens with zero attached hydrogens (tertiary/aromatic N) is 1. The van der Waals surface area contributed by atoms with Gasteiger partial charge in [0.05, 0.1) is 10.9 Å². The largest absolute Gasteiger partial charge is 0.382 e. The van der Waals surface area contributed by atoms with Gasteiger partial charge >= 0.3 is 0 Å². The molecule has 0 aromatic heterocycles. The van der Waals surface area contributed by atoms with E-state index in [0.717, 1.165) is 21.7 Å². The fourth-order valence-electron chi connectivity index (χ4n) is 2.85. The molecule has 1 aliphatic rings. The Morgan fingerprint density at radius 1 is 1.17 bits per heavy atom. The van der Waals surface area contributed by atoms with Crippen molar-refractivity contribution in [1.82, 2.24) is 5.32 Å². The van der Waals surface area contributed by atoms with Crippen molar-refractivity contribution in [3.63, 3.8) is 0 Å². The molecule has 1 aliphatic heterocycles. The maximum Gasteiger partial charge on any atom is 0.257 e. The van der Waals surface area contributed by atoms with Gasteiger partial charge in [0.15, 0.2) is 0 Å². The third-order valence-electron chi connectivity index (χ3n) is 4.21. The maximum atomic E-state index is 12.9. The summed E-state index contributed by atoms with van der Waals surface area (Å²) in [7, 11) is 1.86. The average Bonchev–Trinajstić information content (AvgIpc) is 2.70. The lowest BCUT2D eigenvalue weighted by Crippen LogP contribution is -2.43. The molecule has 126 valence electrons. The number of amides is 1. The van der Waals surface area contributed by atoms with Crippen molar-refractivity contribution in [2.75, 3.05) is 25.0 Å². The summed E-state index contributed by atoms with van der Waals surface area (Å²) in [5.74, 6) is -0.242. The van der Waals surface area contributed by atoms with Gasteiger partial charge in [-0.1, -0.05) is 42.0 Å². The summed E-state index contributed by atoms with van der Waals surface area (Å²) in [5, 5.41) is 13.5. The van der Waals surface area contributed by atoms with Gasteiger partial charge in [0.2, 0.25) is 0 Å². The zero-order valence-corrected chi connectivity index (χ0v) is 14.7. The SMILES string of the molecule is CNCCN1C(=O)[C@@H](O)[C@@H](c2ccc(C)cc2)Sc2ccccc21. The topological polar surface area (TPSA) is 52.6 Å². The van der Waals surface area contributed by atoms with Crippen molar-refractivity contribution in [2.45, 2.75) is 23.2 Å². The number of benzene rings is 2. The second-order valence-electron chi connectivity index (χ2n) is 5.96. The van der Waals surface area contributed by atoms with Gasteiger partial charge in [-0.25, -0.2) is 0 Å². The number of carbonyl (C=O) groups excluding carboxylic acids is 1. The fraction of sp³-hybridized carbons (Fsp3) is 0.316. The van der Waals surface area contributed by atoms with E-state index in [0.29, 0.717) is 13.1 Å². The van der Waals surface area contributed by atoms with Crippen molar-refractivity contribution in [2.24, 2.45) is 0 Å². The van der Waals surface area contributed by atoms with E-state index in [9.17, 15) is 9.90 Å². The molecule has 3 rings (SSSR count). The quantitative estimate of drug-likeness (QED) is 0.897. The third kappa shape index (κ3) is 3.34. The molecular weight excluding hydrogens is 320 g/mol. The second kappa shape index (κ2) is 7.38. The first-order valence-corrected chi connectivity index (χ1v) is 8.96. The molecule has 2 aromatic carbocycles. The van der Waals surface area contributed by atoms with Crippen LogP contribution in [0.15, 0.2) is 53.4 Å². The zero-order valence-electron chi connectivity index (χ0n) is 13.9. The lowest BCUT2D eigenvalue weighted by atomic mass is 10.0. The van der Waals surface area contributed by atoms with Crippen LogP contribution in [0.5, 0.6) is 0 Å². The second-order valence-corrected chi connectivity index (χ2v) is 7.14. The summed E-state index contributed by atoms with van der Waals surface area (Å²) in [6, 6.07) is 15.9. The molecule has 0 aliphatic carbocycles. The van der Waals surface area contributed by atoms with Gasteiger partial charge in [-0.05, 0) is 31.7 Å². The minimum absolute atomic E-state index is 0.242.